The summed E-state index contributed by atoms with van der Waals surface area (Å²) >= 11 is 0. The smallest absolute Gasteiger partial charge is 0.310 e. The zero-order valence-electron chi connectivity index (χ0n) is 13.7. The van der Waals surface area contributed by atoms with Gasteiger partial charge in [-0.2, -0.15) is 0 Å². The highest BCUT2D eigenvalue weighted by molar-refractivity contribution is 5.93. The molecule has 0 bridgehead atoms. The number of anilines is 1. The van der Waals surface area contributed by atoms with E-state index in [1.54, 1.807) is 25.1 Å². The number of benzene rings is 2. The summed E-state index contributed by atoms with van der Waals surface area (Å²) in [5, 5.41) is 13.7. The average Bonchev–Trinajstić information content (AvgIpc) is 2.53. The van der Waals surface area contributed by atoms with Crippen LogP contribution in [-0.2, 0) is 4.79 Å². The molecule has 0 radical (unpaired) electrons. The molecule has 24 heavy (non-hydrogen) atoms. The summed E-state index contributed by atoms with van der Waals surface area (Å²) in [4.78, 5) is 22.5. The largest absolute Gasteiger partial charge is 0.495 e. The lowest BCUT2D eigenvalue weighted by Crippen LogP contribution is -2.21. The second-order valence-corrected chi connectivity index (χ2v) is 5.27. The van der Waals surface area contributed by atoms with Gasteiger partial charge < -0.3 is 14.8 Å². The Hall–Kier alpha value is -3.09. The van der Waals surface area contributed by atoms with Crippen molar-refractivity contribution >= 4 is 17.3 Å². The molecule has 0 aliphatic rings. The van der Waals surface area contributed by atoms with Crippen molar-refractivity contribution in [2.24, 2.45) is 0 Å². The minimum Gasteiger partial charge on any atom is -0.495 e. The first-order chi connectivity index (χ1) is 11.4. The van der Waals surface area contributed by atoms with E-state index in [0.29, 0.717) is 11.4 Å². The molecule has 0 aliphatic heterocycles. The first-order valence-electron chi connectivity index (χ1n) is 7.23. The van der Waals surface area contributed by atoms with Gasteiger partial charge in [0, 0.05) is 6.07 Å². The van der Waals surface area contributed by atoms with Crippen LogP contribution in [0.25, 0.3) is 0 Å². The van der Waals surface area contributed by atoms with Gasteiger partial charge in [0.2, 0.25) is 0 Å². The van der Waals surface area contributed by atoms with Gasteiger partial charge in [-0.15, -0.1) is 0 Å². The lowest BCUT2D eigenvalue weighted by Gasteiger charge is -2.12. The van der Waals surface area contributed by atoms with Gasteiger partial charge in [-0.05, 0) is 43.2 Å². The fraction of sp³-hybridized carbons (Fsp3) is 0.235. The van der Waals surface area contributed by atoms with Crippen molar-refractivity contribution < 1.29 is 19.2 Å². The van der Waals surface area contributed by atoms with Gasteiger partial charge in [0.05, 0.1) is 17.7 Å². The molecule has 1 N–H and O–H groups in total. The predicted octanol–water partition coefficient (Wildman–Crippen LogP) is 3.24. The Morgan fingerprint density at radius 1 is 1.12 bits per heavy atom. The van der Waals surface area contributed by atoms with Gasteiger partial charge in [-0.25, -0.2) is 0 Å². The third kappa shape index (κ3) is 4.22. The molecule has 0 atom stereocenters. The Bertz CT molecular complexity index is 774. The van der Waals surface area contributed by atoms with Crippen LogP contribution in [-0.4, -0.2) is 24.5 Å². The minimum atomic E-state index is -0.545. The predicted molar refractivity (Wildman–Crippen MR) is 89.7 cm³/mol. The second kappa shape index (κ2) is 7.45. The Balaban J connectivity index is 2.08. The van der Waals surface area contributed by atoms with Crippen molar-refractivity contribution in [2.45, 2.75) is 13.8 Å². The van der Waals surface area contributed by atoms with Gasteiger partial charge in [-0.3, -0.25) is 14.9 Å². The number of ether oxygens (including phenoxy) is 2. The Kier molecular flexibility index (Phi) is 5.36. The number of carbonyl (C=O) groups excluding carboxylic acids is 1. The lowest BCUT2D eigenvalue weighted by molar-refractivity contribution is -0.385. The second-order valence-electron chi connectivity index (χ2n) is 5.27. The molecule has 2 rings (SSSR count). The van der Waals surface area contributed by atoms with Crippen molar-refractivity contribution in [3.05, 3.63) is 57.6 Å². The van der Waals surface area contributed by atoms with Crippen molar-refractivity contribution in [3.63, 3.8) is 0 Å². The average molecular weight is 330 g/mol. The Labute approximate surface area is 139 Å². The van der Waals surface area contributed by atoms with Gasteiger partial charge >= 0.3 is 5.69 Å². The first kappa shape index (κ1) is 17.3. The summed E-state index contributed by atoms with van der Waals surface area (Å²) in [6.07, 6.45) is 0. The standard InChI is InChI=1S/C17H18N2O5/c1-11-5-7-15(23-3)13(8-11)18-17(20)10-24-16-9-12(2)4-6-14(16)19(21)22/h4-9H,10H2,1-3H3,(H,18,20). The van der Waals surface area contributed by atoms with Crippen LogP contribution in [0.2, 0.25) is 0 Å². The molecule has 0 heterocycles. The quantitative estimate of drug-likeness (QED) is 0.648. The molecule has 1 amide bonds. The summed E-state index contributed by atoms with van der Waals surface area (Å²) in [6, 6.07) is 9.87. The van der Waals surface area contributed by atoms with Crippen LogP contribution >= 0.6 is 0 Å². The number of rotatable bonds is 6. The van der Waals surface area contributed by atoms with E-state index in [1.165, 1.54) is 19.2 Å². The third-order valence-corrected chi connectivity index (χ3v) is 3.30. The molecule has 0 unspecified atom stereocenters. The number of nitro benzene ring substituents is 1. The van der Waals surface area contributed by atoms with E-state index in [0.717, 1.165) is 11.1 Å². The van der Waals surface area contributed by atoms with Crippen LogP contribution in [0.15, 0.2) is 36.4 Å². The number of amides is 1. The van der Waals surface area contributed by atoms with Gasteiger partial charge in [0.25, 0.3) is 5.91 Å². The van der Waals surface area contributed by atoms with Gasteiger partial charge in [0.1, 0.15) is 5.75 Å². The van der Waals surface area contributed by atoms with Crippen molar-refractivity contribution in [1.82, 2.24) is 0 Å². The van der Waals surface area contributed by atoms with E-state index < -0.39 is 10.8 Å². The summed E-state index contributed by atoms with van der Waals surface area (Å²) < 4.78 is 10.5. The van der Waals surface area contributed by atoms with E-state index >= 15 is 0 Å². The van der Waals surface area contributed by atoms with Crippen LogP contribution < -0.4 is 14.8 Å². The maximum atomic E-state index is 12.1. The molecule has 0 saturated carbocycles. The molecule has 0 aliphatic carbocycles. The van der Waals surface area contributed by atoms with Crippen LogP contribution in [0.3, 0.4) is 0 Å². The number of methoxy groups -OCH3 is 1. The Morgan fingerprint density at radius 3 is 2.46 bits per heavy atom. The van der Waals surface area contributed by atoms with E-state index in [2.05, 4.69) is 5.32 Å². The lowest BCUT2D eigenvalue weighted by atomic mass is 10.2. The molecule has 7 heteroatoms. The van der Waals surface area contributed by atoms with Gasteiger partial charge in [-0.1, -0.05) is 12.1 Å². The number of nitrogens with one attached hydrogen (secondary N) is 1. The molecule has 0 spiro atoms. The van der Waals surface area contributed by atoms with Crippen molar-refractivity contribution in [2.75, 3.05) is 19.0 Å². The van der Waals surface area contributed by atoms with Gasteiger partial charge in [0.15, 0.2) is 12.4 Å². The Morgan fingerprint density at radius 2 is 1.79 bits per heavy atom. The van der Waals surface area contributed by atoms with E-state index in [9.17, 15) is 14.9 Å². The number of hydrogen-bond donors (Lipinski definition) is 1. The SMILES string of the molecule is COc1ccc(C)cc1NC(=O)COc1cc(C)ccc1[N+](=O)[O-]. The van der Waals surface area contributed by atoms with Crippen LogP contribution in [0.5, 0.6) is 11.5 Å². The van der Waals surface area contributed by atoms with Crippen molar-refractivity contribution in [1.29, 1.82) is 0 Å². The fourth-order valence-corrected chi connectivity index (χ4v) is 2.14. The summed E-state index contributed by atoms with van der Waals surface area (Å²) in [7, 11) is 1.51. The zero-order valence-corrected chi connectivity index (χ0v) is 13.7. The highest BCUT2D eigenvalue weighted by Gasteiger charge is 2.16. The maximum absolute atomic E-state index is 12.1. The summed E-state index contributed by atoms with van der Waals surface area (Å²) in [6.45, 7) is 3.33. The number of aryl methyl sites for hydroxylation is 2. The van der Waals surface area contributed by atoms with Crippen LogP contribution in [0, 0.1) is 24.0 Å². The maximum Gasteiger partial charge on any atom is 0.310 e. The molecule has 7 nitrogen and oxygen atoms in total. The van der Waals surface area contributed by atoms with E-state index in [1.807, 2.05) is 13.0 Å². The first-order valence-corrected chi connectivity index (χ1v) is 7.23. The fourth-order valence-electron chi connectivity index (χ4n) is 2.14. The normalized spacial score (nSPS) is 10.1. The monoisotopic (exact) mass is 330 g/mol. The third-order valence-electron chi connectivity index (χ3n) is 3.30. The molecule has 0 fully saturated rings. The molecule has 2 aromatic carbocycles. The number of hydrogen-bond acceptors (Lipinski definition) is 5. The topological polar surface area (TPSA) is 90.7 Å². The molecular formula is C17H18N2O5. The van der Waals surface area contributed by atoms with Crippen LogP contribution in [0.4, 0.5) is 11.4 Å². The number of nitro groups is 1. The van der Waals surface area contributed by atoms with E-state index in [-0.39, 0.29) is 18.0 Å². The number of nitrogens with zero attached hydrogens (tertiary/aromatic N) is 1. The number of carbonyl (C=O) groups is 1. The highest BCUT2D eigenvalue weighted by Crippen LogP contribution is 2.28. The van der Waals surface area contributed by atoms with E-state index in [4.69, 9.17) is 9.47 Å². The van der Waals surface area contributed by atoms with Crippen molar-refractivity contribution in [3.8, 4) is 11.5 Å². The zero-order chi connectivity index (χ0) is 17.7. The minimum absolute atomic E-state index is 0.0614. The molecule has 126 valence electrons. The summed E-state index contributed by atoms with van der Waals surface area (Å²) in [5.74, 6) is 0.150. The highest BCUT2D eigenvalue weighted by atomic mass is 16.6. The molecule has 2 aromatic rings. The molecular weight excluding hydrogens is 312 g/mol. The molecule has 0 aromatic heterocycles. The molecule has 0 saturated heterocycles. The van der Waals surface area contributed by atoms with Crippen LogP contribution in [0.1, 0.15) is 11.1 Å². The summed E-state index contributed by atoms with van der Waals surface area (Å²) in [5.41, 5.74) is 2.10.